The molecule has 0 aromatic heterocycles. The van der Waals surface area contributed by atoms with Gasteiger partial charge in [-0.2, -0.15) is 0 Å². The summed E-state index contributed by atoms with van der Waals surface area (Å²) >= 11 is 0. The van der Waals surface area contributed by atoms with Crippen LogP contribution in [-0.4, -0.2) is 18.3 Å². The summed E-state index contributed by atoms with van der Waals surface area (Å²) in [7, 11) is 0. The molecule has 0 unspecified atom stereocenters. The molecule has 0 spiro atoms. The number of ketones is 1. The number of rotatable bonds is 5. The van der Waals surface area contributed by atoms with Gasteiger partial charge in [-0.1, -0.05) is 6.07 Å². The molecule has 1 rings (SSSR count). The summed E-state index contributed by atoms with van der Waals surface area (Å²) in [5.41, 5.74) is 0.688. The van der Waals surface area contributed by atoms with Crippen molar-refractivity contribution in [3.05, 3.63) is 24.3 Å². The first-order valence-electron chi connectivity index (χ1n) is 5.08. The van der Waals surface area contributed by atoms with Crippen LogP contribution in [-0.2, 0) is 9.59 Å². The minimum absolute atomic E-state index is 0.0954. The van der Waals surface area contributed by atoms with Crippen molar-refractivity contribution in [1.29, 1.82) is 0 Å². The molecule has 0 aliphatic rings. The zero-order valence-electron chi connectivity index (χ0n) is 9.45. The molecular formula is C12H15NO3. The third-order valence-corrected chi connectivity index (χ3v) is 1.88. The number of hydrogen-bond donors (Lipinski definition) is 1. The molecule has 16 heavy (non-hydrogen) atoms. The number of anilines is 1. The Morgan fingerprint density at radius 1 is 1.31 bits per heavy atom. The van der Waals surface area contributed by atoms with Gasteiger partial charge in [-0.15, -0.1) is 0 Å². The van der Waals surface area contributed by atoms with E-state index in [-0.39, 0.29) is 11.7 Å². The molecule has 86 valence electrons. The van der Waals surface area contributed by atoms with E-state index in [4.69, 9.17) is 4.74 Å². The van der Waals surface area contributed by atoms with Crippen LogP contribution in [0.2, 0.25) is 0 Å². The fourth-order valence-electron chi connectivity index (χ4n) is 1.18. The fraction of sp³-hybridized carbons (Fsp3) is 0.333. The molecule has 1 aromatic carbocycles. The van der Waals surface area contributed by atoms with Crippen LogP contribution >= 0.6 is 0 Å². The summed E-state index contributed by atoms with van der Waals surface area (Å²) in [5, 5.41) is 2.66. The highest BCUT2D eigenvalue weighted by molar-refractivity contribution is 5.88. The summed E-state index contributed by atoms with van der Waals surface area (Å²) in [6.45, 7) is 3.33. The maximum atomic E-state index is 10.8. The number of Topliss-reactive ketones (excluding diaryl/α,β-unsaturated/α-hetero) is 1. The molecule has 1 aromatic rings. The van der Waals surface area contributed by atoms with Crippen molar-refractivity contribution in [3.8, 4) is 5.75 Å². The highest BCUT2D eigenvalue weighted by Gasteiger charge is 1.99. The summed E-state index contributed by atoms with van der Waals surface area (Å²) in [6.07, 6.45) is 0.393. The highest BCUT2D eigenvalue weighted by atomic mass is 16.5. The van der Waals surface area contributed by atoms with Crippen molar-refractivity contribution < 1.29 is 14.3 Å². The average molecular weight is 221 g/mol. The summed E-state index contributed by atoms with van der Waals surface area (Å²) in [6, 6.07) is 7.07. The molecule has 1 amide bonds. The maximum Gasteiger partial charge on any atom is 0.221 e. The second-order valence-corrected chi connectivity index (χ2v) is 3.51. The molecule has 0 aliphatic carbocycles. The Labute approximate surface area is 94.6 Å². The molecule has 1 N–H and O–H groups in total. The van der Waals surface area contributed by atoms with E-state index in [1.807, 2.05) is 0 Å². The highest BCUT2D eigenvalue weighted by Crippen LogP contribution is 2.17. The van der Waals surface area contributed by atoms with Gasteiger partial charge >= 0.3 is 0 Å². The van der Waals surface area contributed by atoms with Gasteiger partial charge in [-0.3, -0.25) is 9.59 Å². The Kier molecular flexibility index (Phi) is 4.51. The second kappa shape index (κ2) is 5.90. The first-order chi connectivity index (χ1) is 7.58. The lowest BCUT2D eigenvalue weighted by molar-refractivity contribution is -0.117. The number of amides is 1. The topological polar surface area (TPSA) is 55.4 Å². The second-order valence-electron chi connectivity index (χ2n) is 3.51. The van der Waals surface area contributed by atoms with Crippen LogP contribution in [0, 0.1) is 0 Å². The van der Waals surface area contributed by atoms with Gasteiger partial charge in [0.05, 0.1) is 6.61 Å². The molecule has 0 fully saturated rings. The van der Waals surface area contributed by atoms with Crippen LogP contribution in [0.15, 0.2) is 24.3 Å². The van der Waals surface area contributed by atoms with Crippen molar-refractivity contribution >= 4 is 17.4 Å². The van der Waals surface area contributed by atoms with Gasteiger partial charge in [0, 0.05) is 25.1 Å². The molecule has 0 radical (unpaired) electrons. The van der Waals surface area contributed by atoms with E-state index in [1.54, 1.807) is 24.3 Å². The Morgan fingerprint density at radius 3 is 2.69 bits per heavy atom. The normalized spacial score (nSPS) is 9.62. The first-order valence-corrected chi connectivity index (χ1v) is 5.08. The predicted octanol–water partition coefficient (Wildman–Crippen LogP) is 2.00. The number of hydrogen-bond acceptors (Lipinski definition) is 3. The number of ether oxygens (including phenoxy) is 1. The van der Waals surface area contributed by atoms with Crippen LogP contribution in [0.1, 0.15) is 20.3 Å². The number of carbonyl (C=O) groups excluding carboxylic acids is 2. The quantitative estimate of drug-likeness (QED) is 0.827. The van der Waals surface area contributed by atoms with Gasteiger partial charge in [0.2, 0.25) is 5.91 Å². The predicted molar refractivity (Wildman–Crippen MR) is 61.5 cm³/mol. The van der Waals surface area contributed by atoms with Gasteiger partial charge in [0.25, 0.3) is 0 Å². The largest absolute Gasteiger partial charge is 0.493 e. The molecule has 0 saturated carbocycles. The molecular weight excluding hydrogens is 206 g/mol. The Morgan fingerprint density at radius 2 is 2.06 bits per heavy atom. The third kappa shape index (κ3) is 4.59. The van der Waals surface area contributed by atoms with Gasteiger partial charge in [0.15, 0.2) is 0 Å². The molecule has 4 nitrogen and oxygen atoms in total. The number of nitrogens with one attached hydrogen (secondary N) is 1. The Bertz CT molecular complexity index is 388. The van der Waals surface area contributed by atoms with Crippen LogP contribution in [0.3, 0.4) is 0 Å². The van der Waals surface area contributed by atoms with E-state index in [2.05, 4.69) is 5.32 Å². The zero-order chi connectivity index (χ0) is 12.0. The van der Waals surface area contributed by atoms with Crippen molar-refractivity contribution in [1.82, 2.24) is 0 Å². The molecule has 0 aliphatic heterocycles. The fourth-order valence-corrected chi connectivity index (χ4v) is 1.18. The summed E-state index contributed by atoms with van der Waals surface area (Å²) in [4.78, 5) is 21.5. The van der Waals surface area contributed by atoms with Crippen molar-refractivity contribution in [3.63, 3.8) is 0 Å². The minimum atomic E-state index is -0.124. The number of carbonyl (C=O) groups is 2. The van der Waals surface area contributed by atoms with Crippen LogP contribution in [0.25, 0.3) is 0 Å². The van der Waals surface area contributed by atoms with E-state index >= 15 is 0 Å². The summed E-state index contributed by atoms with van der Waals surface area (Å²) < 4.78 is 5.37. The lowest BCUT2D eigenvalue weighted by Gasteiger charge is -2.07. The van der Waals surface area contributed by atoms with Crippen LogP contribution in [0.5, 0.6) is 5.75 Å². The Hall–Kier alpha value is -1.84. The summed E-state index contributed by atoms with van der Waals surface area (Å²) in [5.74, 6) is 0.617. The maximum absolute atomic E-state index is 10.8. The lowest BCUT2D eigenvalue weighted by atomic mass is 10.3. The lowest BCUT2D eigenvalue weighted by Crippen LogP contribution is -2.06. The van der Waals surface area contributed by atoms with Gasteiger partial charge in [-0.05, 0) is 19.1 Å². The van der Waals surface area contributed by atoms with Crippen LogP contribution in [0.4, 0.5) is 5.69 Å². The molecule has 4 heteroatoms. The van der Waals surface area contributed by atoms with Gasteiger partial charge in [-0.25, -0.2) is 0 Å². The van der Waals surface area contributed by atoms with E-state index in [0.717, 1.165) is 0 Å². The van der Waals surface area contributed by atoms with Crippen LogP contribution < -0.4 is 10.1 Å². The molecule has 0 heterocycles. The Balaban J connectivity index is 2.53. The SMILES string of the molecule is CC(=O)CCOc1cccc(NC(C)=O)c1. The van der Waals surface area contributed by atoms with E-state index in [1.165, 1.54) is 13.8 Å². The molecule has 0 bridgehead atoms. The smallest absolute Gasteiger partial charge is 0.221 e. The van der Waals surface area contributed by atoms with Gasteiger partial charge in [0.1, 0.15) is 11.5 Å². The van der Waals surface area contributed by atoms with Crippen molar-refractivity contribution in [2.75, 3.05) is 11.9 Å². The molecule has 0 saturated heterocycles. The minimum Gasteiger partial charge on any atom is -0.493 e. The standard InChI is InChI=1S/C12H15NO3/c1-9(14)6-7-16-12-5-3-4-11(8-12)13-10(2)15/h3-5,8H,6-7H2,1-2H3,(H,13,15). The first kappa shape index (κ1) is 12.2. The van der Waals surface area contributed by atoms with Crippen molar-refractivity contribution in [2.24, 2.45) is 0 Å². The number of benzene rings is 1. The zero-order valence-corrected chi connectivity index (χ0v) is 9.45. The van der Waals surface area contributed by atoms with E-state index < -0.39 is 0 Å². The average Bonchev–Trinajstić information content (AvgIpc) is 2.16. The van der Waals surface area contributed by atoms with E-state index in [9.17, 15) is 9.59 Å². The third-order valence-electron chi connectivity index (χ3n) is 1.88. The van der Waals surface area contributed by atoms with Gasteiger partial charge < -0.3 is 10.1 Å². The monoisotopic (exact) mass is 221 g/mol. The van der Waals surface area contributed by atoms with Crippen molar-refractivity contribution in [2.45, 2.75) is 20.3 Å². The molecule has 0 atom stereocenters. The van der Waals surface area contributed by atoms with E-state index in [0.29, 0.717) is 24.5 Å².